The highest BCUT2D eigenvalue weighted by Crippen LogP contribution is 2.45. The molecule has 1 fully saturated rings. The SMILES string of the molecule is CC(C)CNCC1CCCC1c1cccc2c1OCC2. The van der Waals surface area contributed by atoms with Gasteiger partial charge in [0.25, 0.3) is 0 Å². The van der Waals surface area contributed by atoms with E-state index in [2.05, 4.69) is 37.4 Å². The van der Waals surface area contributed by atoms with Crippen molar-refractivity contribution in [2.45, 2.75) is 45.4 Å². The molecule has 3 rings (SSSR count). The van der Waals surface area contributed by atoms with Gasteiger partial charge in [0.05, 0.1) is 6.61 Å². The lowest BCUT2D eigenvalue weighted by Gasteiger charge is -2.23. The molecule has 1 aliphatic heterocycles. The summed E-state index contributed by atoms with van der Waals surface area (Å²) in [6.45, 7) is 7.71. The van der Waals surface area contributed by atoms with Gasteiger partial charge in [0.1, 0.15) is 5.75 Å². The third kappa shape index (κ3) is 2.85. The Kier molecular flexibility index (Phi) is 4.30. The second-order valence-electron chi connectivity index (χ2n) is 6.78. The summed E-state index contributed by atoms with van der Waals surface area (Å²) in [5.41, 5.74) is 2.90. The fourth-order valence-corrected chi connectivity index (χ4v) is 3.78. The van der Waals surface area contributed by atoms with Crippen molar-refractivity contribution in [3.63, 3.8) is 0 Å². The summed E-state index contributed by atoms with van der Waals surface area (Å²) in [5, 5.41) is 3.65. The van der Waals surface area contributed by atoms with Gasteiger partial charge in [0, 0.05) is 6.42 Å². The molecule has 2 heteroatoms. The summed E-state index contributed by atoms with van der Waals surface area (Å²) < 4.78 is 5.91. The number of benzene rings is 1. The molecular weight excluding hydrogens is 246 g/mol. The van der Waals surface area contributed by atoms with E-state index in [0.717, 1.165) is 38.0 Å². The van der Waals surface area contributed by atoms with E-state index in [4.69, 9.17) is 4.74 Å². The molecule has 1 heterocycles. The normalized spacial score (nSPS) is 24.9. The minimum atomic E-state index is 0.697. The molecule has 2 atom stereocenters. The van der Waals surface area contributed by atoms with Crippen molar-refractivity contribution in [2.75, 3.05) is 19.7 Å². The third-order valence-corrected chi connectivity index (χ3v) is 4.76. The minimum absolute atomic E-state index is 0.697. The molecule has 0 bridgehead atoms. The van der Waals surface area contributed by atoms with Crippen LogP contribution in [-0.2, 0) is 6.42 Å². The molecule has 2 unspecified atom stereocenters. The summed E-state index contributed by atoms with van der Waals surface area (Å²) in [5.74, 6) is 3.43. The van der Waals surface area contributed by atoms with Gasteiger partial charge in [0.15, 0.2) is 0 Å². The fourth-order valence-electron chi connectivity index (χ4n) is 3.78. The number of hydrogen-bond donors (Lipinski definition) is 1. The molecule has 1 saturated carbocycles. The summed E-state index contributed by atoms with van der Waals surface area (Å²) in [7, 11) is 0. The molecule has 20 heavy (non-hydrogen) atoms. The highest BCUT2D eigenvalue weighted by atomic mass is 16.5. The van der Waals surface area contributed by atoms with E-state index < -0.39 is 0 Å². The molecular formula is C18H27NO. The summed E-state index contributed by atoms with van der Waals surface area (Å²) in [6.07, 6.45) is 5.14. The number of para-hydroxylation sites is 1. The van der Waals surface area contributed by atoms with E-state index in [1.165, 1.54) is 36.1 Å². The van der Waals surface area contributed by atoms with Crippen LogP contribution in [0.4, 0.5) is 0 Å². The third-order valence-electron chi connectivity index (χ3n) is 4.76. The van der Waals surface area contributed by atoms with Gasteiger partial charge in [-0.1, -0.05) is 38.5 Å². The number of rotatable bonds is 5. The Hall–Kier alpha value is -1.02. The number of nitrogens with one attached hydrogen (secondary N) is 1. The predicted octanol–water partition coefficient (Wildman–Crippen LogP) is 3.75. The second kappa shape index (κ2) is 6.17. The zero-order valence-corrected chi connectivity index (χ0v) is 12.8. The highest BCUT2D eigenvalue weighted by molar-refractivity contribution is 5.46. The van der Waals surface area contributed by atoms with Gasteiger partial charge in [0.2, 0.25) is 0 Å². The van der Waals surface area contributed by atoms with Crippen LogP contribution in [0.1, 0.15) is 50.2 Å². The summed E-state index contributed by atoms with van der Waals surface area (Å²) >= 11 is 0. The van der Waals surface area contributed by atoms with Crippen LogP contribution >= 0.6 is 0 Å². The van der Waals surface area contributed by atoms with Crippen LogP contribution in [0.15, 0.2) is 18.2 Å². The molecule has 110 valence electrons. The van der Waals surface area contributed by atoms with Crippen LogP contribution in [0.5, 0.6) is 5.75 Å². The number of ether oxygens (including phenoxy) is 1. The molecule has 0 amide bonds. The molecule has 0 radical (unpaired) electrons. The Morgan fingerprint density at radius 3 is 3.05 bits per heavy atom. The van der Waals surface area contributed by atoms with Crippen molar-refractivity contribution in [3.05, 3.63) is 29.3 Å². The molecule has 0 spiro atoms. The van der Waals surface area contributed by atoms with E-state index in [-0.39, 0.29) is 0 Å². The maximum Gasteiger partial charge on any atom is 0.126 e. The van der Waals surface area contributed by atoms with Gasteiger partial charge >= 0.3 is 0 Å². The average molecular weight is 273 g/mol. The van der Waals surface area contributed by atoms with Crippen molar-refractivity contribution < 1.29 is 4.74 Å². The Balaban J connectivity index is 1.71. The molecule has 2 nitrogen and oxygen atoms in total. The zero-order chi connectivity index (χ0) is 13.9. The van der Waals surface area contributed by atoms with Crippen molar-refractivity contribution in [1.29, 1.82) is 0 Å². The maximum absolute atomic E-state index is 5.91. The van der Waals surface area contributed by atoms with Crippen LogP contribution in [0.2, 0.25) is 0 Å². The molecule has 0 aromatic heterocycles. The van der Waals surface area contributed by atoms with Crippen LogP contribution in [0.25, 0.3) is 0 Å². The lowest BCUT2D eigenvalue weighted by atomic mass is 9.87. The Morgan fingerprint density at radius 2 is 2.20 bits per heavy atom. The number of fused-ring (bicyclic) bond motifs is 1. The topological polar surface area (TPSA) is 21.3 Å². The van der Waals surface area contributed by atoms with Crippen LogP contribution in [-0.4, -0.2) is 19.7 Å². The van der Waals surface area contributed by atoms with Crippen LogP contribution in [0, 0.1) is 11.8 Å². The van der Waals surface area contributed by atoms with Crippen molar-refractivity contribution in [1.82, 2.24) is 5.32 Å². The van der Waals surface area contributed by atoms with Gasteiger partial charge < -0.3 is 10.1 Å². The highest BCUT2D eigenvalue weighted by Gasteiger charge is 2.31. The minimum Gasteiger partial charge on any atom is -0.493 e. The maximum atomic E-state index is 5.91. The van der Waals surface area contributed by atoms with Crippen LogP contribution in [0.3, 0.4) is 0 Å². The van der Waals surface area contributed by atoms with Gasteiger partial charge in [-0.05, 0) is 54.8 Å². The fraction of sp³-hybridized carbons (Fsp3) is 0.667. The zero-order valence-electron chi connectivity index (χ0n) is 12.8. The molecule has 2 aliphatic rings. The predicted molar refractivity (Wildman–Crippen MR) is 83.4 cm³/mol. The summed E-state index contributed by atoms with van der Waals surface area (Å²) in [6, 6.07) is 6.75. The van der Waals surface area contributed by atoms with Gasteiger partial charge in [-0.15, -0.1) is 0 Å². The van der Waals surface area contributed by atoms with Gasteiger partial charge in [-0.2, -0.15) is 0 Å². The van der Waals surface area contributed by atoms with E-state index >= 15 is 0 Å². The Bertz CT molecular complexity index is 455. The molecule has 1 aliphatic carbocycles. The first kappa shape index (κ1) is 13.9. The van der Waals surface area contributed by atoms with Gasteiger partial charge in [-0.3, -0.25) is 0 Å². The first-order chi connectivity index (χ1) is 9.75. The molecule has 1 aromatic carbocycles. The van der Waals surface area contributed by atoms with Crippen LogP contribution < -0.4 is 10.1 Å². The van der Waals surface area contributed by atoms with E-state index in [1.807, 2.05) is 0 Å². The van der Waals surface area contributed by atoms with E-state index in [9.17, 15) is 0 Å². The smallest absolute Gasteiger partial charge is 0.126 e. The standard InChI is InChI=1S/C18H27NO/c1-13(2)11-19-12-15-6-4-7-16(15)17-8-3-5-14-9-10-20-18(14)17/h3,5,8,13,15-16,19H,4,6-7,9-12H2,1-2H3. The lowest BCUT2D eigenvalue weighted by molar-refractivity contribution is 0.344. The Labute approximate surface area is 122 Å². The first-order valence-corrected chi connectivity index (χ1v) is 8.21. The first-order valence-electron chi connectivity index (χ1n) is 8.21. The second-order valence-corrected chi connectivity index (χ2v) is 6.78. The quantitative estimate of drug-likeness (QED) is 0.882. The Morgan fingerprint density at radius 1 is 1.30 bits per heavy atom. The van der Waals surface area contributed by atoms with E-state index in [0.29, 0.717) is 5.92 Å². The van der Waals surface area contributed by atoms with Crippen molar-refractivity contribution in [2.24, 2.45) is 11.8 Å². The van der Waals surface area contributed by atoms with Crippen molar-refractivity contribution >= 4 is 0 Å². The lowest BCUT2D eigenvalue weighted by Crippen LogP contribution is -2.27. The largest absolute Gasteiger partial charge is 0.493 e. The van der Waals surface area contributed by atoms with Gasteiger partial charge in [-0.25, -0.2) is 0 Å². The molecule has 0 saturated heterocycles. The molecule has 1 N–H and O–H groups in total. The monoisotopic (exact) mass is 273 g/mol. The average Bonchev–Trinajstić information content (AvgIpc) is 3.05. The summed E-state index contributed by atoms with van der Waals surface area (Å²) in [4.78, 5) is 0. The molecule has 1 aromatic rings. The number of hydrogen-bond acceptors (Lipinski definition) is 2. The van der Waals surface area contributed by atoms with Crippen molar-refractivity contribution in [3.8, 4) is 5.75 Å². The van der Waals surface area contributed by atoms with E-state index in [1.54, 1.807) is 0 Å².